The van der Waals surface area contributed by atoms with Crippen LogP contribution in [-0.2, 0) is 19.1 Å². The number of carbonyl (C=O) groups is 3. The van der Waals surface area contributed by atoms with Gasteiger partial charge in [0, 0.05) is 17.7 Å². The quantitative estimate of drug-likeness (QED) is 0.260. The first-order valence-corrected chi connectivity index (χ1v) is 9.27. The van der Waals surface area contributed by atoms with Crippen LogP contribution >= 0.6 is 0 Å². The van der Waals surface area contributed by atoms with E-state index in [0.717, 1.165) is 6.42 Å². The van der Waals surface area contributed by atoms with Gasteiger partial charge in [0.1, 0.15) is 0 Å². The topological polar surface area (TPSA) is 101 Å². The van der Waals surface area contributed by atoms with Gasteiger partial charge in [0.25, 0.3) is 0 Å². The van der Waals surface area contributed by atoms with Crippen LogP contribution in [0.5, 0.6) is 0 Å². The normalized spacial score (nSPS) is 10.1. The van der Waals surface area contributed by atoms with Crippen molar-refractivity contribution in [2.75, 3.05) is 6.61 Å². The second-order valence-electron chi connectivity index (χ2n) is 6.11. The Morgan fingerprint density at radius 1 is 0.808 bits per heavy atom. The highest BCUT2D eigenvalue weighted by Gasteiger charge is 2.01. The van der Waals surface area contributed by atoms with Crippen LogP contribution in [0.1, 0.15) is 78.1 Å². The minimum Gasteiger partial charge on any atom is -0.478 e. The molecule has 0 saturated heterocycles. The molecule has 150 valence electrons. The fourth-order valence-corrected chi connectivity index (χ4v) is 2.02. The Bertz CT molecular complexity index is 424. The number of carboxylic acids is 2. The van der Waals surface area contributed by atoms with Crippen molar-refractivity contribution >= 4 is 17.9 Å². The largest absolute Gasteiger partial charge is 0.478 e. The fraction of sp³-hybridized carbons (Fsp3) is 0.650. The van der Waals surface area contributed by atoms with Crippen LogP contribution in [0.4, 0.5) is 0 Å². The molecule has 26 heavy (non-hydrogen) atoms. The van der Waals surface area contributed by atoms with Crippen LogP contribution in [-0.4, -0.2) is 34.7 Å². The van der Waals surface area contributed by atoms with Gasteiger partial charge >= 0.3 is 17.9 Å². The zero-order valence-electron chi connectivity index (χ0n) is 16.2. The molecule has 0 spiro atoms. The lowest BCUT2D eigenvalue weighted by atomic mass is 10.1. The maximum absolute atomic E-state index is 11.1. The maximum Gasteiger partial charge on any atom is 0.333 e. The van der Waals surface area contributed by atoms with Crippen molar-refractivity contribution < 1.29 is 29.3 Å². The Balaban J connectivity index is 0. The third-order valence-corrected chi connectivity index (χ3v) is 3.45. The molecule has 0 atom stereocenters. The highest BCUT2D eigenvalue weighted by atomic mass is 16.5. The monoisotopic (exact) mass is 370 g/mol. The van der Waals surface area contributed by atoms with Gasteiger partial charge in [-0.05, 0) is 13.3 Å². The van der Waals surface area contributed by atoms with Gasteiger partial charge in [0.05, 0.1) is 6.61 Å². The predicted octanol–water partition coefficient (Wildman–Crippen LogP) is 4.74. The van der Waals surface area contributed by atoms with Crippen LogP contribution in [0.15, 0.2) is 24.3 Å². The Labute approximate surface area is 156 Å². The first-order chi connectivity index (χ1) is 12.3. The van der Waals surface area contributed by atoms with Crippen LogP contribution in [0, 0.1) is 0 Å². The zero-order chi connectivity index (χ0) is 20.2. The first-order valence-electron chi connectivity index (χ1n) is 9.27. The van der Waals surface area contributed by atoms with Gasteiger partial charge in [-0.3, -0.25) is 0 Å². The van der Waals surface area contributed by atoms with Gasteiger partial charge in [0.2, 0.25) is 0 Å². The molecule has 0 heterocycles. The Hall–Kier alpha value is -2.11. The summed E-state index contributed by atoms with van der Waals surface area (Å²) in [5, 5.41) is 15.6. The predicted molar refractivity (Wildman–Crippen MR) is 102 cm³/mol. The summed E-state index contributed by atoms with van der Waals surface area (Å²) < 4.78 is 5.04. The van der Waals surface area contributed by atoms with E-state index in [-0.39, 0.29) is 5.97 Å². The van der Waals surface area contributed by atoms with Gasteiger partial charge in [-0.1, -0.05) is 71.3 Å². The second-order valence-corrected chi connectivity index (χ2v) is 6.11. The van der Waals surface area contributed by atoms with Crippen molar-refractivity contribution in [2.45, 2.75) is 78.1 Å². The number of hydrogen-bond acceptors (Lipinski definition) is 4. The van der Waals surface area contributed by atoms with Crippen molar-refractivity contribution in [3.8, 4) is 0 Å². The molecule has 0 radical (unpaired) electrons. The number of hydrogen-bond donors (Lipinski definition) is 2. The molecule has 0 bridgehead atoms. The Kier molecular flexibility index (Phi) is 19.3. The number of unbranched alkanes of at least 4 members (excludes halogenated alkanes) is 9. The van der Waals surface area contributed by atoms with Crippen LogP contribution in [0.2, 0.25) is 0 Å². The van der Waals surface area contributed by atoms with Crippen molar-refractivity contribution in [1.29, 1.82) is 0 Å². The molecule has 2 N–H and O–H groups in total. The summed E-state index contributed by atoms with van der Waals surface area (Å²) >= 11 is 0. The number of rotatable bonds is 14. The molecule has 0 aromatic rings. The van der Waals surface area contributed by atoms with E-state index in [1.165, 1.54) is 57.8 Å². The summed E-state index contributed by atoms with van der Waals surface area (Å²) in [6, 6.07) is 0. The summed E-state index contributed by atoms with van der Waals surface area (Å²) in [5.41, 5.74) is 0.488. The van der Waals surface area contributed by atoms with E-state index in [4.69, 9.17) is 14.9 Å². The van der Waals surface area contributed by atoms with Crippen LogP contribution in [0.25, 0.3) is 0 Å². The fourth-order valence-electron chi connectivity index (χ4n) is 2.02. The third-order valence-electron chi connectivity index (χ3n) is 3.45. The molecule has 0 aliphatic carbocycles. The SMILES string of the molecule is C=C(C)C(=O)OCCCCCCCCCCCC.O=C(O)/C=C\C(=O)O. The molecule has 0 aromatic heterocycles. The smallest absolute Gasteiger partial charge is 0.333 e. The lowest BCUT2D eigenvalue weighted by Gasteiger charge is -2.04. The lowest BCUT2D eigenvalue weighted by Crippen LogP contribution is -2.05. The molecule has 0 saturated carbocycles. The Morgan fingerprint density at radius 3 is 1.54 bits per heavy atom. The van der Waals surface area contributed by atoms with Crippen molar-refractivity contribution in [3.63, 3.8) is 0 Å². The van der Waals surface area contributed by atoms with Crippen LogP contribution < -0.4 is 0 Å². The minimum atomic E-state index is -1.26. The molecule has 0 unspecified atom stereocenters. The average Bonchev–Trinajstić information content (AvgIpc) is 2.58. The van der Waals surface area contributed by atoms with Gasteiger partial charge in [0.15, 0.2) is 0 Å². The van der Waals surface area contributed by atoms with Crippen molar-refractivity contribution in [3.05, 3.63) is 24.3 Å². The standard InChI is InChI=1S/C16H30O2.C4H4O4/c1-4-5-6-7-8-9-10-11-12-13-14-18-16(17)15(2)3;5-3(6)1-2-4(7)8/h2,4-14H2,1,3H3;1-2H,(H,5,6)(H,7,8)/b;2-1-. The van der Waals surface area contributed by atoms with Gasteiger partial charge < -0.3 is 14.9 Å². The number of carbonyl (C=O) groups excluding carboxylic acids is 1. The average molecular weight is 370 g/mol. The molecule has 6 nitrogen and oxygen atoms in total. The molecular weight excluding hydrogens is 336 g/mol. The van der Waals surface area contributed by atoms with Gasteiger partial charge in [-0.15, -0.1) is 0 Å². The van der Waals surface area contributed by atoms with E-state index in [9.17, 15) is 14.4 Å². The minimum absolute atomic E-state index is 0.258. The molecule has 0 aromatic carbocycles. The molecule has 0 rings (SSSR count). The van der Waals surface area contributed by atoms with Gasteiger partial charge in [-0.25, -0.2) is 14.4 Å². The maximum atomic E-state index is 11.1. The van der Waals surface area contributed by atoms with Crippen LogP contribution in [0.3, 0.4) is 0 Å². The summed E-state index contributed by atoms with van der Waals surface area (Å²) in [7, 11) is 0. The molecule has 6 heteroatoms. The van der Waals surface area contributed by atoms with E-state index in [2.05, 4.69) is 13.5 Å². The number of esters is 1. The lowest BCUT2D eigenvalue weighted by molar-refractivity contribution is -0.139. The highest BCUT2D eigenvalue weighted by Crippen LogP contribution is 2.10. The van der Waals surface area contributed by atoms with Crippen molar-refractivity contribution in [1.82, 2.24) is 0 Å². The number of carboxylic acid groups (broad SMARTS) is 2. The number of ether oxygens (including phenoxy) is 1. The van der Waals surface area contributed by atoms with Gasteiger partial charge in [-0.2, -0.15) is 0 Å². The van der Waals surface area contributed by atoms with E-state index >= 15 is 0 Å². The zero-order valence-corrected chi connectivity index (χ0v) is 16.2. The summed E-state index contributed by atoms with van der Waals surface area (Å²) in [4.78, 5) is 30.2. The van der Waals surface area contributed by atoms with E-state index in [1.54, 1.807) is 6.92 Å². The molecule has 0 aliphatic rings. The van der Waals surface area contributed by atoms with E-state index in [1.807, 2.05) is 0 Å². The van der Waals surface area contributed by atoms with E-state index < -0.39 is 11.9 Å². The summed E-state index contributed by atoms with van der Waals surface area (Å²) in [6.07, 6.45) is 14.1. The number of aliphatic carboxylic acids is 2. The van der Waals surface area contributed by atoms with E-state index in [0.29, 0.717) is 24.3 Å². The third kappa shape index (κ3) is 24.1. The summed E-state index contributed by atoms with van der Waals surface area (Å²) in [6.45, 7) is 8.03. The Morgan fingerprint density at radius 2 is 1.19 bits per heavy atom. The van der Waals surface area contributed by atoms with Crippen molar-refractivity contribution in [2.24, 2.45) is 0 Å². The second kappa shape index (κ2) is 19.2. The summed E-state index contributed by atoms with van der Waals surface area (Å²) in [5.74, 6) is -2.77. The molecular formula is C20H34O6. The molecule has 0 aliphatic heterocycles. The molecule has 0 amide bonds. The first kappa shape index (κ1) is 26.1. The molecule has 0 fully saturated rings. The highest BCUT2D eigenvalue weighted by molar-refractivity contribution is 5.89.